The Morgan fingerprint density at radius 3 is 2.94 bits per heavy atom. The second-order valence-electron chi connectivity index (χ2n) is 3.67. The number of rotatable bonds is 2. The first-order valence-electron chi connectivity index (χ1n) is 5.27. The molecule has 0 amide bonds. The van der Waals surface area contributed by atoms with Gasteiger partial charge in [-0.05, 0) is 31.0 Å². The second-order valence-corrected chi connectivity index (χ2v) is 3.67. The molecule has 0 aromatic heterocycles. The predicted molar refractivity (Wildman–Crippen MR) is 55.3 cm³/mol. The first kappa shape index (κ1) is 10.9. The highest BCUT2D eigenvalue weighted by Crippen LogP contribution is 2.22. The molecule has 1 fully saturated rings. The van der Waals surface area contributed by atoms with E-state index in [1.54, 1.807) is 0 Å². The molecule has 1 aromatic rings. The van der Waals surface area contributed by atoms with Crippen molar-refractivity contribution < 1.29 is 13.9 Å². The minimum Gasteiger partial charge on any atom is -0.462 e. The average molecular weight is 221 g/mol. The van der Waals surface area contributed by atoms with Gasteiger partial charge in [0.25, 0.3) is 0 Å². The lowest BCUT2D eigenvalue weighted by atomic mass is 10.2. The Bertz CT molecular complexity index is 408. The molecule has 1 aliphatic rings. The number of hydrogen-bond donors (Lipinski definition) is 0. The minimum atomic E-state index is -0.520. The summed E-state index contributed by atoms with van der Waals surface area (Å²) in [5.41, 5.74) is 0.286. The highest BCUT2D eigenvalue weighted by molar-refractivity contribution is 5.36. The van der Waals surface area contributed by atoms with E-state index in [0.29, 0.717) is 6.61 Å². The van der Waals surface area contributed by atoms with Crippen LogP contribution in [0.5, 0.6) is 5.75 Å². The number of hydrogen-bond acceptors (Lipinski definition) is 3. The molecule has 1 aliphatic heterocycles. The summed E-state index contributed by atoms with van der Waals surface area (Å²) in [6.07, 6.45) is 2.47. The molecular weight excluding hydrogens is 209 g/mol. The first-order chi connectivity index (χ1) is 7.79. The van der Waals surface area contributed by atoms with Crippen LogP contribution in [-0.4, -0.2) is 12.9 Å². The van der Waals surface area contributed by atoms with Gasteiger partial charge >= 0.3 is 0 Å². The minimum absolute atomic E-state index is 0.144. The number of nitrogens with zero attached hydrogens (tertiary/aromatic N) is 1. The van der Waals surface area contributed by atoms with Crippen LogP contribution in [0.1, 0.15) is 24.8 Å². The lowest BCUT2D eigenvalue weighted by molar-refractivity contribution is -0.107. The van der Waals surface area contributed by atoms with Gasteiger partial charge in [0, 0.05) is 6.42 Å². The van der Waals surface area contributed by atoms with Crippen molar-refractivity contribution in [1.29, 1.82) is 5.26 Å². The molecule has 1 unspecified atom stereocenters. The number of halogens is 1. The fourth-order valence-electron chi connectivity index (χ4n) is 1.61. The lowest BCUT2D eigenvalue weighted by Crippen LogP contribution is -2.25. The van der Waals surface area contributed by atoms with E-state index >= 15 is 0 Å². The zero-order valence-corrected chi connectivity index (χ0v) is 8.78. The third kappa shape index (κ3) is 2.50. The van der Waals surface area contributed by atoms with E-state index in [4.69, 9.17) is 14.7 Å². The molecule has 0 bridgehead atoms. The molecule has 16 heavy (non-hydrogen) atoms. The monoisotopic (exact) mass is 221 g/mol. The van der Waals surface area contributed by atoms with E-state index in [1.807, 2.05) is 6.07 Å². The number of nitriles is 1. The van der Waals surface area contributed by atoms with E-state index in [0.717, 1.165) is 25.3 Å². The molecule has 0 N–H and O–H groups in total. The summed E-state index contributed by atoms with van der Waals surface area (Å²) in [6, 6.07) is 6.03. The van der Waals surface area contributed by atoms with Crippen LogP contribution in [0.4, 0.5) is 4.39 Å². The van der Waals surface area contributed by atoms with Gasteiger partial charge in [0.05, 0.1) is 18.2 Å². The highest BCUT2D eigenvalue weighted by atomic mass is 19.1. The zero-order chi connectivity index (χ0) is 11.4. The summed E-state index contributed by atoms with van der Waals surface area (Å²) in [6.45, 7) is 0.655. The maximum Gasteiger partial charge on any atom is 0.199 e. The Hall–Kier alpha value is -1.60. The molecule has 84 valence electrons. The van der Waals surface area contributed by atoms with Crippen molar-refractivity contribution in [2.45, 2.75) is 25.6 Å². The smallest absolute Gasteiger partial charge is 0.199 e. The molecule has 0 saturated carbocycles. The molecule has 1 saturated heterocycles. The second kappa shape index (κ2) is 4.95. The largest absolute Gasteiger partial charge is 0.462 e. The normalized spacial score (nSPS) is 20.1. The Kier molecular flexibility index (Phi) is 3.37. The standard InChI is InChI=1S/C12H12FNO2/c13-10-7-9(8-14)4-5-11(10)16-12-3-1-2-6-15-12/h4-5,7,12H,1-3,6H2. The van der Waals surface area contributed by atoms with Gasteiger partial charge in [0.1, 0.15) is 0 Å². The van der Waals surface area contributed by atoms with Crippen molar-refractivity contribution in [2.24, 2.45) is 0 Å². The summed E-state index contributed by atoms with van der Waals surface area (Å²) in [4.78, 5) is 0. The Balaban J connectivity index is 2.06. The third-order valence-electron chi connectivity index (χ3n) is 2.46. The predicted octanol–water partition coefficient (Wildman–Crippen LogP) is 2.60. The van der Waals surface area contributed by atoms with Gasteiger partial charge in [-0.25, -0.2) is 4.39 Å². The van der Waals surface area contributed by atoms with Crippen molar-refractivity contribution >= 4 is 0 Å². The average Bonchev–Trinajstić information content (AvgIpc) is 2.33. The van der Waals surface area contributed by atoms with Gasteiger partial charge < -0.3 is 9.47 Å². The molecular formula is C12H12FNO2. The van der Waals surface area contributed by atoms with Crippen LogP contribution in [0, 0.1) is 17.1 Å². The quantitative estimate of drug-likeness (QED) is 0.770. The van der Waals surface area contributed by atoms with E-state index < -0.39 is 5.82 Å². The Labute approximate surface area is 93.4 Å². The number of benzene rings is 1. The van der Waals surface area contributed by atoms with Crippen LogP contribution in [0.2, 0.25) is 0 Å². The Morgan fingerprint density at radius 1 is 1.44 bits per heavy atom. The zero-order valence-electron chi connectivity index (χ0n) is 8.78. The van der Waals surface area contributed by atoms with Crippen molar-refractivity contribution in [3.63, 3.8) is 0 Å². The van der Waals surface area contributed by atoms with Crippen molar-refractivity contribution in [2.75, 3.05) is 6.61 Å². The molecule has 0 spiro atoms. The van der Waals surface area contributed by atoms with Gasteiger partial charge in [-0.3, -0.25) is 0 Å². The Morgan fingerprint density at radius 2 is 2.31 bits per heavy atom. The molecule has 1 aromatic carbocycles. The first-order valence-corrected chi connectivity index (χ1v) is 5.27. The van der Waals surface area contributed by atoms with Gasteiger partial charge in [-0.2, -0.15) is 5.26 Å². The third-order valence-corrected chi connectivity index (χ3v) is 2.46. The van der Waals surface area contributed by atoms with E-state index in [1.165, 1.54) is 12.1 Å². The summed E-state index contributed by atoms with van der Waals surface area (Å²) in [7, 11) is 0. The molecule has 1 atom stereocenters. The van der Waals surface area contributed by atoms with E-state index in [-0.39, 0.29) is 17.6 Å². The van der Waals surface area contributed by atoms with Crippen molar-refractivity contribution in [3.05, 3.63) is 29.6 Å². The summed E-state index contributed by atoms with van der Waals surface area (Å²) >= 11 is 0. The topological polar surface area (TPSA) is 42.2 Å². The van der Waals surface area contributed by atoms with E-state index in [9.17, 15) is 4.39 Å². The molecule has 4 heteroatoms. The molecule has 0 aliphatic carbocycles. The van der Waals surface area contributed by atoms with Gasteiger partial charge in [-0.15, -0.1) is 0 Å². The SMILES string of the molecule is N#Cc1ccc(OC2CCCCO2)c(F)c1. The lowest BCUT2D eigenvalue weighted by Gasteiger charge is -2.23. The highest BCUT2D eigenvalue weighted by Gasteiger charge is 2.17. The van der Waals surface area contributed by atoms with Crippen molar-refractivity contribution in [1.82, 2.24) is 0 Å². The van der Waals surface area contributed by atoms with Crippen molar-refractivity contribution in [3.8, 4) is 11.8 Å². The summed E-state index contributed by atoms with van der Waals surface area (Å²) < 4.78 is 24.2. The fraction of sp³-hybridized carbons (Fsp3) is 0.417. The van der Waals surface area contributed by atoms with Crippen LogP contribution in [0.25, 0.3) is 0 Å². The van der Waals surface area contributed by atoms with Gasteiger partial charge in [0.15, 0.2) is 17.9 Å². The fourth-order valence-corrected chi connectivity index (χ4v) is 1.61. The van der Waals surface area contributed by atoms with Gasteiger partial charge in [0.2, 0.25) is 0 Å². The molecule has 2 rings (SSSR count). The maximum absolute atomic E-state index is 13.5. The summed E-state index contributed by atoms with van der Waals surface area (Å²) in [5.74, 6) is -0.376. The van der Waals surface area contributed by atoms with Crippen LogP contribution in [0.15, 0.2) is 18.2 Å². The van der Waals surface area contributed by atoms with E-state index in [2.05, 4.69) is 0 Å². The molecule has 3 nitrogen and oxygen atoms in total. The van der Waals surface area contributed by atoms with Crippen LogP contribution >= 0.6 is 0 Å². The molecule has 1 heterocycles. The van der Waals surface area contributed by atoms with Gasteiger partial charge in [-0.1, -0.05) is 0 Å². The molecule has 0 radical (unpaired) electrons. The summed E-state index contributed by atoms with van der Waals surface area (Å²) in [5, 5.41) is 8.59. The van der Waals surface area contributed by atoms with Crippen LogP contribution in [0.3, 0.4) is 0 Å². The van der Waals surface area contributed by atoms with Crippen LogP contribution in [-0.2, 0) is 4.74 Å². The number of ether oxygens (including phenoxy) is 2. The van der Waals surface area contributed by atoms with Crippen LogP contribution < -0.4 is 4.74 Å². The maximum atomic E-state index is 13.5.